The second kappa shape index (κ2) is 7.90. The van der Waals surface area contributed by atoms with Gasteiger partial charge in [-0.25, -0.2) is 0 Å². The molecule has 0 N–H and O–H groups in total. The van der Waals surface area contributed by atoms with E-state index in [1.54, 1.807) is 18.3 Å². The number of benzene rings is 2. The van der Waals surface area contributed by atoms with Crippen LogP contribution in [0.25, 0.3) is 0 Å². The third kappa shape index (κ3) is 4.65. The molecule has 2 aromatic rings. The minimum Gasteiger partial charge on any atom is -0.479 e. The number of non-ortho nitro benzene ring substituents is 1. The number of ether oxygens (including phenoxy) is 1. The Bertz CT molecular complexity index is 796. The molecule has 0 atom stereocenters. The number of nitro benzene ring substituents is 1. The molecule has 7 heteroatoms. The highest BCUT2D eigenvalue weighted by molar-refractivity contribution is 9.11. The minimum atomic E-state index is -0.454. The summed E-state index contributed by atoms with van der Waals surface area (Å²) in [6.45, 7) is 0.138. The van der Waals surface area contributed by atoms with Crippen LogP contribution in [-0.4, -0.2) is 17.7 Å². The number of aliphatic imine (C=N–C) groups is 1. The van der Waals surface area contributed by atoms with E-state index >= 15 is 0 Å². The lowest BCUT2D eigenvalue weighted by atomic mass is 10.2. The van der Waals surface area contributed by atoms with Crippen LogP contribution in [0, 0.1) is 22.5 Å². The first-order valence-electron chi connectivity index (χ1n) is 6.35. The van der Waals surface area contributed by atoms with E-state index in [0.29, 0.717) is 11.4 Å². The second-order valence-corrected chi connectivity index (χ2v) is 6.10. The highest BCUT2D eigenvalue weighted by atomic mass is 79.9. The molecule has 2 rings (SSSR count). The molecule has 0 saturated carbocycles. The summed E-state index contributed by atoms with van der Waals surface area (Å²) >= 11 is 6.82. The maximum atomic E-state index is 10.6. The van der Waals surface area contributed by atoms with Crippen LogP contribution in [0.2, 0.25) is 0 Å². The van der Waals surface area contributed by atoms with Gasteiger partial charge in [0, 0.05) is 28.4 Å². The highest BCUT2D eigenvalue weighted by Crippen LogP contribution is 2.32. The zero-order valence-electron chi connectivity index (χ0n) is 11.7. The van der Waals surface area contributed by atoms with E-state index in [-0.39, 0.29) is 12.3 Å². The molecule has 0 saturated heterocycles. The molecule has 0 radical (unpaired) electrons. The van der Waals surface area contributed by atoms with Crippen molar-refractivity contribution in [2.75, 3.05) is 6.61 Å². The SMILES string of the molecule is C#CCOc1c(Br)cc(Br)cc1C=Nc1ccc([N+](=O)[O-])cc1. The lowest BCUT2D eigenvalue weighted by Crippen LogP contribution is -1.98. The van der Waals surface area contributed by atoms with E-state index in [2.05, 4.69) is 42.8 Å². The first-order valence-corrected chi connectivity index (χ1v) is 7.93. The fraction of sp³-hybridized carbons (Fsp3) is 0.0625. The number of hydrogen-bond acceptors (Lipinski definition) is 4. The van der Waals surface area contributed by atoms with Gasteiger partial charge in [0.1, 0.15) is 12.4 Å². The Morgan fingerprint density at radius 1 is 1.30 bits per heavy atom. The maximum Gasteiger partial charge on any atom is 0.269 e. The first kappa shape index (κ1) is 17.2. The minimum absolute atomic E-state index is 0.0205. The van der Waals surface area contributed by atoms with Crippen LogP contribution < -0.4 is 4.74 Å². The van der Waals surface area contributed by atoms with Gasteiger partial charge in [-0.2, -0.15) is 0 Å². The monoisotopic (exact) mass is 436 g/mol. The first-order chi connectivity index (χ1) is 11.0. The van der Waals surface area contributed by atoms with Crippen molar-refractivity contribution in [3.8, 4) is 18.1 Å². The quantitative estimate of drug-likeness (QED) is 0.289. The summed E-state index contributed by atoms with van der Waals surface area (Å²) in [7, 11) is 0. The number of rotatable bonds is 5. The summed E-state index contributed by atoms with van der Waals surface area (Å²) in [6.07, 6.45) is 6.84. The predicted molar refractivity (Wildman–Crippen MR) is 96.5 cm³/mol. The van der Waals surface area contributed by atoms with Crippen LogP contribution >= 0.6 is 31.9 Å². The van der Waals surface area contributed by atoms with E-state index in [1.165, 1.54) is 12.1 Å². The van der Waals surface area contributed by atoms with Gasteiger partial charge in [0.25, 0.3) is 5.69 Å². The van der Waals surface area contributed by atoms with Gasteiger partial charge >= 0.3 is 0 Å². The van der Waals surface area contributed by atoms with E-state index in [9.17, 15) is 10.1 Å². The molecule has 0 aromatic heterocycles. The number of nitro groups is 1. The Labute approximate surface area is 149 Å². The van der Waals surface area contributed by atoms with Crippen molar-refractivity contribution in [3.63, 3.8) is 0 Å². The summed E-state index contributed by atoms with van der Waals surface area (Å²) < 4.78 is 7.12. The molecule has 0 aliphatic heterocycles. The predicted octanol–water partition coefficient (Wildman–Crippen LogP) is 4.88. The fourth-order valence-electron chi connectivity index (χ4n) is 1.75. The molecule has 0 bridgehead atoms. The molecule has 116 valence electrons. The van der Waals surface area contributed by atoms with E-state index in [0.717, 1.165) is 14.5 Å². The molecule has 0 spiro atoms. The summed E-state index contributed by atoms with van der Waals surface area (Å²) in [5, 5.41) is 10.6. The molecule has 5 nitrogen and oxygen atoms in total. The molecule has 2 aromatic carbocycles. The van der Waals surface area contributed by atoms with E-state index in [1.807, 2.05) is 12.1 Å². The second-order valence-electron chi connectivity index (χ2n) is 4.33. The van der Waals surface area contributed by atoms with Crippen LogP contribution in [0.4, 0.5) is 11.4 Å². The Hall–Kier alpha value is -2.17. The summed E-state index contributed by atoms with van der Waals surface area (Å²) in [4.78, 5) is 14.5. The molecule has 23 heavy (non-hydrogen) atoms. The van der Waals surface area contributed by atoms with Crippen LogP contribution in [-0.2, 0) is 0 Å². The number of nitrogens with zero attached hydrogens (tertiary/aromatic N) is 2. The topological polar surface area (TPSA) is 64.7 Å². The summed E-state index contributed by atoms with van der Waals surface area (Å²) in [5.74, 6) is 2.99. The van der Waals surface area contributed by atoms with Gasteiger partial charge in [-0.1, -0.05) is 21.9 Å². The van der Waals surface area contributed by atoms with Gasteiger partial charge in [0.2, 0.25) is 0 Å². The van der Waals surface area contributed by atoms with Gasteiger partial charge in [-0.05, 0) is 40.2 Å². The van der Waals surface area contributed by atoms with E-state index in [4.69, 9.17) is 11.2 Å². The third-order valence-electron chi connectivity index (χ3n) is 2.75. The van der Waals surface area contributed by atoms with Crippen molar-refractivity contribution in [1.82, 2.24) is 0 Å². The van der Waals surface area contributed by atoms with Crippen molar-refractivity contribution in [3.05, 3.63) is 61.0 Å². The molecule has 0 unspecified atom stereocenters. The average molecular weight is 438 g/mol. The van der Waals surface area contributed by atoms with Crippen LogP contribution in [0.15, 0.2) is 50.3 Å². The highest BCUT2D eigenvalue weighted by Gasteiger charge is 2.09. The Kier molecular flexibility index (Phi) is 5.90. The van der Waals surface area contributed by atoms with Crippen LogP contribution in [0.5, 0.6) is 5.75 Å². The summed E-state index contributed by atoms with van der Waals surface area (Å²) in [6, 6.07) is 9.63. The van der Waals surface area contributed by atoms with Gasteiger partial charge < -0.3 is 4.74 Å². The standard InChI is InChI=1S/C16H10Br2N2O3/c1-2-7-23-16-11(8-12(17)9-15(16)18)10-19-13-3-5-14(6-4-13)20(21)22/h1,3-6,8-10H,7H2. The Morgan fingerprint density at radius 2 is 2.00 bits per heavy atom. The van der Waals surface area contributed by atoms with Crippen LogP contribution in [0.1, 0.15) is 5.56 Å². The Balaban J connectivity index is 2.31. The molecular weight excluding hydrogens is 428 g/mol. The fourth-order valence-corrected chi connectivity index (χ4v) is 3.12. The molecule has 0 heterocycles. The number of hydrogen-bond donors (Lipinski definition) is 0. The lowest BCUT2D eigenvalue weighted by molar-refractivity contribution is -0.384. The van der Waals surface area contributed by atoms with Crippen LogP contribution in [0.3, 0.4) is 0 Å². The van der Waals surface area contributed by atoms with Crippen molar-refractivity contribution in [2.45, 2.75) is 0 Å². The van der Waals surface area contributed by atoms with Gasteiger partial charge in [-0.15, -0.1) is 6.42 Å². The smallest absolute Gasteiger partial charge is 0.269 e. The number of halogens is 2. The molecule has 0 amide bonds. The third-order valence-corrected chi connectivity index (χ3v) is 3.80. The Morgan fingerprint density at radius 3 is 2.61 bits per heavy atom. The van der Waals surface area contributed by atoms with Crippen molar-refractivity contribution in [2.24, 2.45) is 4.99 Å². The van der Waals surface area contributed by atoms with Crippen molar-refractivity contribution >= 4 is 49.4 Å². The molecule has 0 fully saturated rings. The lowest BCUT2D eigenvalue weighted by Gasteiger charge is -2.09. The van der Waals surface area contributed by atoms with Gasteiger partial charge in [-0.3, -0.25) is 15.1 Å². The largest absolute Gasteiger partial charge is 0.479 e. The maximum absolute atomic E-state index is 10.6. The van der Waals surface area contributed by atoms with Crippen molar-refractivity contribution < 1.29 is 9.66 Å². The molecule has 0 aliphatic rings. The molecule has 0 aliphatic carbocycles. The molecular formula is C16H10Br2N2O3. The van der Waals surface area contributed by atoms with Crippen molar-refractivity contribution in [1.29, 1.82) is 0 Å². The average Bonchev–Trinajstić information content (AvgIpc) is 2.52. The summed E-state index contributed by atoms with van der Waals surface area (Å²) in [5.41, 5.74) is 1.33. The zero-order chi connectivity index (χ0) is 16.8. The van der Waals surface area contributed by atoms with E-state index < -0.39 is 4.92 Å². The van der Waals surface area contributed by atoms with Gasteiger partial charge in [0.15, 0.2) is 0 Å². The normalized spacial score (nSPS) is 10.5. The number of terminal acetylenes is 1. The zero-order valence-corrected chi connectivity index (χ0v) is 14.9. The van der Waals surface area contributed by atoms with Gasteiger partial charge in [0.05, 0.1) is 15.1 Å².